The average Bonchev–Trinajstić information content (AvgIpc) is 3.85. The first kappa shape index (κ1) is 30.2. The summed E-state index contributed by atoms with van der Waals surface area (Å²) in [5.74, 6) is 1.97. The fourth-order valence-electron chi connectivity index (χ4n) is 8.30. The molecule has 0 saturated carbocycles. The Balaban J connectivity index is 1.07. The lowest BCUT2D eigenvalue weighted by atomic mass is 9.82. The molecule has 0 saturated heterocycles. The number of nitrogens with zero attached hydrogens (tertiary/aromatic N) is 3. The molecule has 4 nitrogen and oxygen atoms in total. The average molecular weight is 698 g/mol. The first-order valence-electron chi connectivity index (χ1n) is 17.9. The Labute approximate surface area is 310 Å². The minimum atomic E-state index is -0.148. The van der Waals surface area contributed by atoms with Crippen molar-refractivity contribution in [3.8, 4) is 56.4 Å². The minimum absolute atomic E-state index is 0.148. The van der Waals surface area contributed by atoms with Crippen LogP contribution in [0.1, 0.15) is 25.0 Å². The quantitative estimate of drug-likeness (QED) is 0.184. The molecule has 0 atom stereocenters. The second kappa shape index (κ2) is 11.3. The summed E-state index contributed by atoms with van der Waals surface area (Å²) in [5.41, 5.74) is 11.9. The number of rotatable bonds is 4. The van der Waals surface area contributed by atoms with Gasteiger partial charge in [0.05, 0.1) is 0 Å². The lowest BCUT2D eigenvalue weighted by Crippen LogP contribution is -2.14. The Hall–Kier alpha value is -6.43. The van der Waals surface area contributed by atoms with Crippen molar-refractivity contribution in [2.45, 2.75) is 19.3 Å². The number of aromatic nitrogens is 3. The number of hydrogen-bond donors (Lipinski definition) is 0. The molecule has 0 radical (unpaired) electrons. The van der Waals surface area contributed by atoms with Crippen LogP contribution in [0.3, 0.4) is 0 Å². The summed E-state index contributed by atoms with van der Waals surface area (Å²) in [4.78, 5) is 15.4. The van der Waals surface area contributed by atoms with Gasteiger partial charge in [0.15, 0.2) is 17.5 Å². The highest BCUT2D eigenvalue weighted by atomic mass is 32.1. The Morgan fingerprint density at radius 3 is 2.02 bits per heavy atom. The van der Waals surface area contributed by atoms with Crippen molar-refractivity contribution in [3.63, 3.8) is 0 Å². The monoisotopic (exact) mass is 697 g/mol. The third-order valence-electron chi connectivity index (χ3n) is 10.9. The highest BCUT2D eigenvalue weighted by Gasteiger charge is 2.38. The Morgan fingerprint density at radius 2 is 1.13 bits per heavy atom. The predicted octanol–water partition coefficient (Wildman–Crippen LogP) is 13.1. The molecule has 5 heteroatoms. The van der Waals surface area contributed by atoms with Crippen LogP contribution < -0.4 is 0 Å². The molecule has 3 heterocycles. The number of para-hydroxylation sites is 1. The predicted molar refractivity (Wildman–Crippen MR) is 219 cm³/mol. The third-order valence-corrected chi connectivity index (χ3v) is 12.2. The molecule has 7 aromatic carbocycles. The molecular formula is C48H31N3OS. The van der Waals surface area contributed by atoms with Gasteiger partial charge in [-0.15, -0.1) is 11.3 Å². The van der Waals surface area contributed by atoms with Gasteiger partial charge in [-0.1, -0.05) is 135 Å². The molecule has 250 valence electrons. The third kappa shape index (κ3) is 4.57. The van der Waals surface area contributed by atoms with Gasteiger partial charge in [0.25, 0.3) is 0 Å². The summed E-state index contributed by atoms with van der Waals surface area (Å²) in [6, 6.07) is 53.5. The molecule has 0 spiro atoms. The van der Waals surface area contributed by atoms with Crippen LogP contribution in [0.2, 0.25) is 0 Å². The van der Waals surface area contributed by atoms with Crippen molar-refractivity contribution in [1.82, 2.24) is 15.0 Å². The maximum absolute atomic E-state index is 6.59. The number of furan rings is 1. The largest absolute Gasteiger partial charge is 0.455 e. The Kier molecular flexibility index (Phi) is 6.43. The number of thiophene rings is 1. The van der Waals surface area contributed by atoms with Crippen LogP contribution in [0, 0.1) is 0 Å². The zero-order valence-electron chi connectivity index (χ0n) is 29.1. The first-order valence-corrected chi connectivity index (χ1v) is 18.8. The van der Waals surface area contributed by atoms with E-state index in [-0.39, 0.29) is 5.41 Å². The van der Waals surface area contributed by atoms with E-state index in [4.69, 9.17) is 19.4 Å². The van der Waals surface area contributed by atoms with Crippen LogP contribution in [-0.2, 0) is 5.41 Å². The topological polar surface area (TPSA) is 51.8 Å². The summed E-state index contributed by atoms with van der Waals surface area (Å²) >= 11 is 1.79. The molecule has 0 N–H and O–H groups in total. The van der Waals surface area contributed by atoms with E-state index in [2.05, 4.69) is 141 Å². The molecule has 0 aliphatic heterocycles. The molecular weight excluding hydrogens is 667 g/mol. The van der Waals surface area contributed by atoms with E-state index in [1.807, 2.05) is 24.3 Å². The summed E-state index contributed by atoms with van der Waals surface area (Å²) in [6.07, 6.45) is 0. The van der Waals surface area contributed by atoms with E-state index in [0.29, 0.717) is 17.5 Å². The van der Waals surface area contributed by atoms with E-state index in [1.54, 1.807) is 11.3 Å². The fraction of sp³-hybridized carbons (Fsp3) is 0.0625. The van der Waals surface area contributed by atoms with E-state index in [1.165, 1.54) is 42.4 Å². The van der Waals surface area contributed by atoms with E-state index in [0.717, 1.165) is 49.8 Å². The van der Waals surface area contributed by atoms with Crippen molar-refractivity contribution >= 4 is 53.4 Å². The minimum Gasteiger partial charge on any atom is -0.455 e. The lowest BCUT2D eigenvalue weighted by Gasteiger charge is -2.21. The van der Waals surface area contributed by atoms with Crippen LogP contribution in [0.15, 0.2) is 156 Å². The van der Waals surface area contributed by atoms with Gasteiger partial charge < -0.3 is 4.42 Å². The van der Waals surface area contributed by atoms with E-state index >= 15 is 0 Å². The Morgan fingerprint density at radius 1 is 0.472 bits per heavy atom. The highest BCUT2D eigenvalue weighted by Crippen LogP contribution is 2.53. The number of benzene rings is 7. The maximum atomic E-state index is 6.59. The van der Waals surface area contributed by atoms with Crippen molar-refractivity contribution in [2.75, 3.05) is 0 Å². The van der Waals surface area contributed by atoms with Crippen LogP contribution in [0.4, 0.5) is 0 Å². The standard InChI is InChI=1S/C48H31N3OS/c1-48(2)38-24-22-30(27-37(38)42-39(48)25-23-34-32-16-6-8-20-40(32)52-43(34)42)29-14-10-15-31(26-29)46-49-45(28-12-4-3-5-13-28)50-47(51-46)36-19-11-18-35-33-17-7-9-21-41(33)53-44(35)36/h3-27H,1-2H3. The molecule has 0 amide bonds. The number of fused-ring (bicyclic) bond motifs is 10. The summed E-state index contributed by atoms with van der Waals surface area (Å²) < 4.78 is 9.02. The first-order chi connectivity index (χ1) is 26.0. The van der Waals surface area contributed by atoms with E-state index in [9.17, 15) is 0 Å². The number of hydrogen-bond acceptors (Lipinski definition) is 5. The summed E-state index contributed by atoms with van der Waals surface area (Å²) in [6.45, 7) is 4.63. The van der Waals surface area contributed by atoms with Crippen LogP contribution >= 0.6 is 11.3 Å². The molecule has 10 aromatic rings. The van der Waals surface area contributed by atoms with Crippen LogP contribution in [0.25, 0.3) is 98.5 Å². The molecule has 0 fully saturated rings. The SMILES string of the molecule is CC1(C)c2ccc(-c3cccc(-c4nc(-c5ccccc5)nc(-c5cccc6c5sc5ccccc56)n4)c3)cc2-c2c1ccc1c2oc2ccccc21. The van der Waals surface area contributed by atoms with Crippen molar-refractivity contribution in [1.29, 1.82) is 0 Å². The Bertz CT molecular complexity index is 3100. The molecule has 0 bridgehead atoms. The van der Waals surface area contributed by atoms with Crippen LogP contribution in [0.5, 0.6) is 0 Å². The van der Waals surface area contributed by atoms with Gasteiger partial charge in [0.1, 0.15) is 11.2 Å². The van der Waals surface area contributed by atoms with Gasteiger partial charge in [0, 0.05) is 58.6 Å². The molecule has 1 aliphatic carbocycles. The molecule has 11 rings (SSSR count). The summed E-state index contributed by atoms with van der Waals surface area (Å²) in [5, 5.41) is 4.77. The molecule has 53 heavy (non-hydrogen) atoms. The zero-order valence-corrected chi connectivity index (χ0v) is 29.9. The normalized spacial score (nSPS) is 13.2. The molecule has 0 unspecified atom stereocenters. The second-order valence-corrected chi connectivity index (χ2v) is 15.4. The molecule has 1 aliphatic rings. The van der Waals surface area contributed by atoms with Crippen LogP contribution in [-0.4, -0.2) is 15.0 Å². The highest BCUT2D eigenvalue weighted by molar-refractivity contribution is 7.26. The van der Waals surface area contributed by atoms with Gasteiger partial charge in [-0.2, -0.15) is 0 Å². The summed E-state index contributed by atoms with van der Waals surface area (Å²) in [7, 11) is 0. The van der Waals surface area contributed by atoms with Gasteiger partial charge in [-0.25, -0.2) is 15.0 Å². The van der Waals surface area contributed by atoms with Gasteiger partial charge in [-0.05, 0) is 58.1 Å². The van der Waals surface area contributed by atoms with Gasteiger partial charge >= 0.3 is 0 Å². The van der Waals surface area contributed by atoms with Crippen molar-refractivity contribution < 1.29 is 4.42 Å². The van der Waals surface area contributed by atoms with Crippen molar-refractivity contribution in [2.24, 2.45) is 0 Å². The fourth-order valence-corrected chi connectivity index (χ4v) is 9.51. The van der Waals surface area contributed by atoms with Crippen molar-refractivity contribution in [3.05, 3.63) is 163 Å². The zero-order chi connectivity index (χ0) is 35.3. The maximum Gasteiger partial charge on any atom is 0.165 e. The second-order valence-electron chi connectivity index (χ2n) is 14.4. The smallest absolute Gasteiger partial charge is 0.165 e. The van der Waals surface area contributed by atoms with Gasteiger partial charge in [-0.3, -0.25) is 0 Å². The molecule has 3 aromatic heterocycles. The lowest BCUT2D eigenvalue weighted by molar-refractivity contribution is 0.653. The van der Waals surface area contributed by atoms with Gasteiger partial charge in [0.2, 0.25) is 0 Å². The van der Waals surface area contributed by atoms with E-state index < -0.39 is 0 Å².